The average molecular weight is 276 g/mol. The van der Waals surface area contributed by atoms with Gasteiger partial charge in [-0.1, -0.05) is 30.1 Å². The SMILES string of the molecule is CCCN(CC)c1nc(NCC)c(Cl)cc1Cl. The van der Waals surface area contributed by atoms with Crippen LogP contribution in [0.2, 0.25) is 10.0 Å². The maximum atomic E-state index is 6.19. The van der Waals surface area contributed by atoms with Crippen molar-refractivity contribution in [1.29, 1.82) is 0 Å². The van der Waals surface area contributed by atoms with Crippen molar-refractivity contribution in [3.05, 3.63) is 16.1 Å². The highest BCUT2D eigenvalue weighted by Crippen LogP contribution is 2.31. The van der Waals surface area contributed by atoms with Crippen LogP contribution in [0.1, 0.15) is 27.2 Å². The van der Waals surface area contributed by atoms with E-state index < -0.39 is 0 Å². The van der Waals surface area contributed by atoms with Crippen LogP contribution in [0.25, 0.3) is 0 Å². The van der Waals surface area contributed by atoms with E-state index in [0.29, 0.717) is 15.9 Å². The fraction of sp³-hybridized carbons (Fsp3) is 0.583. The van der Waals surface area contributed by atoms with Crippen molar-refractivity contribution in [1.82, 2.24) is 4.98 Å². The molecule has 96 valence electrons. The Morgan fingerprint density at radius 2 is 1.94 bits per heavy atom. The van der Waals surface area contributed by atoms with Crippen LogP contribution >= 0.6 is 23.2 Å². The minimum absolute atomic E-state index is 0.563. The Hall–Kier alpha value is -0.670. The lowest BCUT2D eigenvalue weighted by Crippen LogP contribution is -2.25. The summed E-state index contributed by atoms with van der Waals surface area (Å²) in [5.41, 5.74) is 0. The second-order valence-electron chi connectivity index (χ2n) is 3.73. The second kappa shape index (κ2) is 6.92. The van der Waals surface area contributed by atoms with E-state index >= 15 is 0 Å². The number of rotatable bonds is 6. The molecule has 1 aromatic rings. The molecule has 0 spiro atoms. The average Bonchev–Trinajstić information content (AvgIpc) is 2.30. The molecule has 0 radical (unpaired) electrons. The molecule has 0 saturated carbocycles. The zero-order valence-electron chi connectivity index (χ0n) is 10.6. The van der Waals surface area contributed by atoms with Crippen LogP contribution in [0.5, 0.6) is 0 Å². The Bertz CT molecular complexity index is 369. The van der Waals surface area contributed by atoms with Crippen LogP contribution in [0, 0.1) is 0 Å². The number of nitrogens with zero attached hydrogens (tertiary/aromatic N) is 2. The molecule has 0 atom stereocenters. The largest absolute Gasteiger partial charge is 0.369 e. The number of nitrogens with one attached hydrogen (secondary N) is 1. The van der Waals surface area contributed by atoms with E-state index in [4.69, 9.17) is 23.2 Å². The molecule has 1 aromatic heterocycles. The smallest absolute Gasteiger partial charge is 0.149 e. The van der Waals surface area contributed by atoms with Crippen molar-refractivity contribution >= 4 is 34.8 Å². The Balaban J connectivity index is 3.08. The van der Waals surface area contributed by atoms with E-state index in [0.717, 1.165) is 31.9 Å². The molecule has 0 fully saturated rings. The van der Waals surface area contributed by atoms with E-state index in [1.807, 2.05) is 6.92 Å². The molecule has 0 aliphatic rings. The van der Waals surface area contributed by atoms with E-state index in [1.165, 1.54) is 0 Å². The van der Waals surface area contributed by atoms with Crippen molar-refractivity contribution in [2.24, 2.45) is 0 Å². The van der Waals surface area contributed by atoms with Crippen LogP contribution in [0.3, 0.4) is 0 Å². The maximum Gasteiger partial charge on any atom is 0.149 e. The second-order valence-corrected chi connectivity index (χ2v) is 4.55. The highest BCUT2D eigenvalue weighted by atomic mass is 35.5. The van der Waals surface area contributed by atoms with Crippen LogP contribution in [-0.4, -0.2) is 24.6 Å². The van der Waals surface area contributed by atoms with Gasteiger partial charge in [0.1, 0.15) is 11.6 Å². The molecular formula is C12H19Cl2N3. The summed E-state index contributed by atoms with van der Waals surface area (Å²) in [5, 5.41) is 4.30. The number of halogens is 2. The predicted octanol–water partition coefficient (Wildman–Crippen LogP) is 4.06. The third-order valence-electron chi connectivity index (χ3n) is 2.43. The zero-order valence-corrected chi connectivity index (χ0v) is 12.1. The molecule has 0 unspecified atom stereocenters. The van der Waals surface area contributed by atoms with Crippen molar-refractivity contribution in [2.45, 2.75) is 27.2 Å². The molecular weight excluding hydrogens is 257 g/mol. The first-order valence-electron chi connectivity index (χ1n) is 5.98. The van der Waals surface area contributed by atoms with Crippen molar-refractivity contribution in [3.63, 3.8) is 0 Å². The summed E-state index contributed by atoms with van der Waals surface area (Å²) in [6.07, 6.45) is 1.06. The summed E-state index contributed by atoms with van der Waals surface area (Å²) in [5.74, 6) is 1.50. The van der Waals surface area contributed by atoms with Crippen LogP contribution < -0.4 is 10.2 Å². The molecule has 1 rings (SSSR count). The molecule has 0 aromatic carbocycles. The normalized spacial score (nSPS) is 10.4. The highest BCUT2D eigenvalue weighted by Gasteiger charge is 2.13. The summed E-state index contributed by atoms with van der Waals surface area (Å²) < 4.78 is 0. The van der Waals surface area contributed by atoms with Gasteiger partial charge in [0.2, 0.25) is 0 Å². The van der Waals surface area contributed by atoms with Crippen LogP contribution in [-0.2, 0) is 0 Å². The van der Waals surface area contributed by atoms with Crippen molar-refractivity contribution in [3.8, 4) is 0 Å². The van der Waals surface area contributed by atoms with Gasteiger partial charge >= 0.3 is 0 Å². The molecule has 1 heterocycles. The van der Waals surface area contributed by atoms with Crippen molar-refractivity contribution in [2.75, 3.05) is 29.9 Å². The van der Waals surface area contributed by atoms with Gasteiger partial charge in [-0.15, -0.1) is 0 Å². The number of aromatic nitrogens is 1. The minimum Gasteiger partial charge on any atom is -0.369 e. The third kappa shape index (κ3) is 3.65. The van der Waals surface area contributed by atoms with Crippen molar-refractivity contribution < 1.29 is 0 Å². The molecule has 1 N–H and O–H groups in total. The van der Waals surface area contributed by atoms with Gasteiger partial charge in [0, 0.05) is 19.6 Å². The molecule has 0 aliphatic carbocycles. The van der Waals surface area contributed by atoms with Gasteiger partial charge in [0.05, 0.1) is 10.0 Å². The number of pyridine rings is 1. The van der Waals surface area contributed by atoms with Gasteiger partial charge in [-0.2, -0.15) is 0 Å². The summed E-state index contributed by atoms with van der Waals surface area (Å²) in [4.78, 5) is 6.65. The molecule has 0 saturated heterocycles. The minimum atomic E-state index is 0.563. The van der Waals surface area contributed by atoms with Gasteiger partial charge in [-0.25, -0.2) is 4.98 Å². The molecule has 0 amide bonds. The summed E-state index contributed by atoms with van der Waals surface area (Å²) in [6.45, 7) is 8.85. The predicted molar refractivity (Wildman–Crippen MR) is 76.6 cm³/mol. The van der Waals surface area contributed by atoms with Gasteiger partial charge in [-0.3, -0.25) is 0 Å². The Labute approximate surface area is 113 Å². The summed E-state index contributed by atoms with van der Waals surface area (Å²) in [6, 6.07) is 1.75. The maximum absolute atomic E-state index is 6.19. The molecule has 5 heteroatoms. The molecule has 0 bridgehead atoms. The van der Waals surface area contributed by atoms with E-state index in [1.54, 1.807) is 6.07 Å². The zero-order chi connectivity index (χ0) is 12.8. The Morgan fingerprint density at radius 3 is 2.47 bits per heavy atom. The lowest BCUT2D eigenvalue weighted by Gasteiger charge is -2.23. The van der Waals surface area contributed by atoms with Gasteiger partial charge in [-0.05, 0) is 26.3 Å². The standard InChI is InChI=1S/C12H19Cl2N3/c1-4-7-17(6-3)12-10(14)8-9(13)11(16-12)15-5-2/h8H,4-7H2,1-3H3,(H,15,16). The first kappa shape index (κ1) is 14.4. The lowest BCUT2D eigenvalue weighted by molar-refractivity contribution is 0.779. The quantitative estimate of drug-likeness (QED) is 0.849. The van der Waals surface area contributed by atoms with Crippen LogP contribution in [0.15, 0.2) is 6.07 Å². The number of hydrogen-bond acceptors (Lipinski definition) is 3. The van der Waals surface area contributed by atoms with Gasteiger partial charge in [0.25, 0.3) is 0 Å². The van der Waals surface area contributed by atoms with E-state index in [2.05, 4.69) is 29.0 Å². The fourth-order valence-electron chi connectivity index (χ4n) is 1.65. The van der Waals surface area contributed by atoms with Gasteiger partial charge in [0.15, 0.2) is 0 Å². The summed E-state index contributed by atoms with van der Waals surface area (Å²) in [7, 11) is 0. The van der Waals surface area contributed by atoms with Crippen LogP contribution in [0.4, 0.5) is 11.6 Å². The topological polar surface area (TPSA) is 28.2 Å². The lowest BCUT2D eigenvalue weighted by atomic mass is 10.3. The third-order valence-corrected chi connectivity index (χ3v) is 3.00. The fourth-order valence-corrected chi connectivity index (χ4v) is 2.20. The van der Waals surface area contributed by atoms with E-state index in [-0.39, 0.29) is 0 Å². The van der Waals surface area contributed by atoms with E-state index in [9.17, 15) is 0 Å². The summed E-state index contributed by atoms with van der Waals surface area (Å²) >= 11 is 12.3. The first-order valence-corrected chi connectivity index (χ1v) is 6.74. The first-order chi connectivity index (χ1) is 8.13. The Morgan fingerprint density at radius 1 is 1.24 bits per heavy atom. The number of anilines is 2. The van der Waals surface area contributed by atoms with Gasteiger partial charge < -0.3 is 10.2 Å². The number of hydrogen-bond donors (Lipinski definition) is 1. The monoisotopic (exact) mass is 275 g/mol. The Kier molecular flexibility index (Phi) is 5.86. The highest BCUT2D eigenvalue weighted by molar-refractivity contribution is 6.37. The molecule has 0 aliphatic heterocycles. The molecule has 17 heavy (non-hydrogen) atoms. The molecule has 3 nitrogen and oxygen atoms in total.